The number of allylic oxidation sites excluding steroid dienone is 5. The molecule has 1 radical (unpaired) electrons. The van der Waals surface area contributed by atoms with E-state index in [0.29, 0.717) is 0 Å². The van der Waals surface area contributed by atoms with E-state index in [1.54, 1.807) is 6.08 Å². The molecule has 15 heavy (non-hydrogen) atoms. The topological polar surface area (TPSA) is 0 Å². The first kappa shape index (κ1) is 14.2. The maximum Gasteiger partial charge on any atom is -0.0166 e. The van der Waals surface area contributed by atoms with Crippen molar-refractivity contribution in [2.24, 2.45) is 0 Å². The molecule has 0 fully saturated rings. The number of unbranched alkanes of at least 4 members (excludes halogenated alkanes) is 5. The Morgan fingerprint density at radius 2 is 1.40 bits per heavy atom. The Morgan fingerprint density at radius 3 is 1.93 bits per heavy atom. The molecule has 85 valence electrons. The molecule has 0 aromatic rings. The summed E-state index contributed by atoms with van der Waals surface area (Å²) >= 11 is 0. The maximum atomic E-state index is 5.27. The van der Waals surface area contributed by atoms with Gasteiger partial charge in [0.2, 0.25) is 0 Å². The highest BCUT2D eigenvalue weighted by atomic mass is 13.9. The fourth-order valence-corrected chi connectivity index (χ4v) is 1.46. The van der Waals surface area contributed by atoms with Crippen LogP contribution in [0.3, 0.4) is 0 Å². The van der Waals surface area contributed by atoms with Gasteiger partial charge in [-0.25, -0.2) is 0 Å². The Balaban J connectivity index is 3.04. The molecule has 0 saturated carbocycles. The van der Waals surface area contributed by atoms with Crippen LogP contribution in [-0.4, -0.2) is 0 Å². The van der Waals surface area contributed by atoms with Crippen molar-refractivity contribution in [1.82, 2.24) is 0 Å². The van der Waals surface area contributed by atoms with E-state index in [1.165, 1.54) is 44.9 Å². The molecule has 0 bridgehead atoms. The van der Waals surface area contributed by atoms with Gasteiger partial charge >= 0.3 is 0 Å². The summed E-state index contributed by atoms with van der Waals surface area (Å²) in [6, 6.07) is 0. The van der Waals surface area contributed by atoms with Crippen LogP contribution in [0.2, 0.25) is 0 Å². The van der Waals surface area contributed by atoms with Crippen molar-refractivity contribution in [1.29, 1.82) is 0 Å². The first-order chi connectivity index (χ1) is 7.41. The largest absolute Gasteiger partial charge is 0.0888 e. The zero-order chi connectivity index (χ0) is 11.2. The van der Waals surface area contributed by atoms with Gasteiger partial charge in [-0.1, -0.05) is 56.7 Å². The van der Waals surface area contributed by atoms with E-state index in [-0.39, 0.29) is 0 Å². The predicted molar refractivity (Wildman–Crippen MR) is 69.8 cm³/mol. The van der Waals surface area contributed by atoms with E-state index in [1.807, 2.05) is 0 Å². The lowest BCUT2D eigenvalue weighted by molar-refractivity contribution is 0.651. The molecule has 0 nitrogen and oxygen atoms in total. The first-order valence-corrected chi connectivity index (χ1v) is 6.25. The van der Waals surface area contributed by atoms with Crippen molar-refractivity contribution in [3.63, 3.8) is 0 Å². The van der Waals surface area contributed by atoms with Gasteiger partial charge < -0.3 is 0 Å². The smallest absolute Gasteiger partial charge is 0.0166 e. The van der Waals surface area contributed by atoms with Gasteiger partial charge in [-0.2, -0.15) is 0 Å². The standard InChI is InChI=1S/C15H25/c1-3-5-7-9-11-13-15-14-12-10-8-6-4-2/h1,3,6-9H,4-5,10-15H2,2H3. The molecular formula is C15H25. The van der Waals surface area contributed by atoms with Crippen LogP contribution in [0.15, 0.2) is 30.4 Å². The van der Waals surface area contributed by atoms with E-state index in [4.69, 9.17) is 6.58 Å². The van der Waals surface area contributed by atoms with Crippen LogP contribution >= 0.6 is 0 Å². The van der Waals surface area contributed by atoms with Gasteiger partial charge in [-0.3, -0.25) is 0 Å². The van der Waals surface area contributed by atoms with E-state index in [9.17, 15) is 0 Å². The van der Waals surface area contributed by atoms with E-state index < -0.39 is 0 Å². The third-order valence-corrected chi connectivity index (χ3v) is 2.33. The van der Waals surface area contributed by atoms with Crippen LogP contribution < -0.4 is 0 Å². The van der Waals surface area contributed by atoms with Crippen LogP contribution in [0.1, 0.15) is 58.3 Å². The molecule has 0 heterocycles. The third kappa shape index (κ3) is 13.2. The molecule has 0 saturated heterocycles. The zero-order valence-electron chi connectivity index (χ0n) is 10.1. The Bertz CT molecular complexity index is 174. The molecule has 0 aromatic carbocycles. The van der Waals surface area contributed by atoms with Crippen LogP contribution in [0, 0.1) is 6.58 Å². The average Bonchev–Trinajstić information content (AvgIpc) is 2.26. The van der Waals surface area contributed by atoms with Crippen molar-refractivity contribution in [3.05, 3.63) is 37.0 Å². The summed E-state index contributed by atoms with van der Waals surface area (Å²) < 4.78 is 0. The van der Waals surface area contributed by atoms with Gasteiger partial charge in [0.05, 0.1) is 0 Å². The van der Waals surface area contributed by atoms with Crippen LogP contribution in [0.4, 0.5) is 0 Å². The normalized spacial score (nSPS) is 11.5. The van der Waals surface area contributed by atoms with Crippen LogP contribution in [0.5, 0.6) is 0 Å². The molecule has 0 amide bonds. The van der Waals surface area contributed by atoms with E-state index in [0.717, 1.165) is 6.42 Å². The fourth-order valence-electron chi connectivity index (χ4n) is 1.46. The monoisotopic (exact) mass is 205 g/mol. The Hall–Kier alpha value is -0.780. The second-order valence-corrected chi connectivity index (χ2v) is 3.81. The summed E-state index contributed by atoms with van der Waals surface area (Å²) in [6.45, 7) is 7.45. The second kappa shape index (κ2) is 13.2. The Labute approximate surface area is 95.8 Å². The van der Waals surface area contributed by atoms with Crippen molar-refractivity contribution >= 4 is 0 Å². The van der Waals surface area contributed by atoms with Crippen molar-refractivity contribution in [2.75, 3.05) is 0 Å². The van der Waals surface area contributed by atoms with Gasteiger partial charge in [-0.15, -0.1) is 0 Å². The van der Waals surface area contributed by atoms with Crippen LogP contribution in [0.25, 0.3) is 0 Å². The molecule has 0 N–H and O–H groups in total. The lowest BCUT2D eigenvalue weighted by Gasteiger charge is -1.96. The SMILES string of the molecule is [CH]=CCC=CCCCCCCC=CCC. The van der Waals surface area contributed by atoms with Gasteiger partial charge in [-0.05, 0) is 38.5 Å². The molecule has 0 atom stereocenters. The lowest BCUT2D eigenvalue weighted by Crippen LogP contribution is -1.76. The highest BCUT2D eigenvalue weighted by molar-refractivity contribution is 4.87. The minimum Gasteiger partial charge on any atom is -0.0888 e. The van der Waals surface area contributed by atoms with Gasteiger partial charge in [0, 0.05) is 0 Å². The summed E-state index contributed by atoms with van der Waals surface area (Å²) in [5.74, 6) is 0. The van der Waals surface area contributed by atoms with E-state index >= 15 is 0 Å². The lowest BCUT2D eigenvalue weighted by atomic mass is 10.1. The van der Waals surface area contributed by atoms with Gasteiger partial charge in [0.1, 0.15) is 0 Å². The predicted octanol–water partition coefficient (Wildman–Crippen LogP) is 5.23. The molecule has 0 aromatic heterocycles. The summed E-state index contributed by atoms with van der Waals surface area (Å²) in [4.78, 5) is 0. The van der Waals surface area contributed by atoms with Gasteiger partial charge in [0.15, 0.2) is 0 Å². The van der Waals surface area contributed by atoms with Crippen molar-refractivity contribution in [3.8, 4) is 0 Å². The third-order valence-electron chi connectivity index (χ3n) is 2.33. The molecule has 0 unspecified atom stereocenters. The number of hydrogen-bond donors (Lipinski definition) is 0. The first-order valence-electron chi connectivity index (χ1n) is 6.25. The molecule has 0 aliphatic heterocycles. The summed E-state index contributed by atoms with van der Waals surface area (Å²) in [7, 11) is 0. The summed E-state index contributed by atoms with van der Waals surface area (Å²) in [5.41, 5.74) is 0. The minimum absolute atomic E-state index is 0.905. The van der Waals surface area contributed by atoms with Crippen molar-refractivity contribution < 1.29 is 0 Å². The molecule has 0 aliphatic rings. The highest BCUT2D eigenvalue weighted by Gasteiger charge is 1.86. The molecule has 0 rings (SSSR count). The summed E-state index contributed by atoms with van der Waals surface area (Å²) in [6.07, 6.45) is 20.6. The van der Waals surface area contributed by atoms with Crippen LogP contribution in [-0.2, 0) is 0 Å². The Morgan fingerprint density at radius 1 is 0.800 bits per heavy atom. The number of rotatable bonds is 10. The highest BCUT2D eigenvalue weighted by Crippen LogP contribution is 2.06. The summed E-state index contributed by atoms with van der Waals surface area (Å²) in [5, 5.41) is 0. The zero-order valence-corrected chi connectivity index (χ0v) is 10.1. The average molecular weight is 205 g/mol. The van der Waals surface area contributed by atoms with E-state index in [2.05, 4.69) is 31.2 Å². The maximum absolute atomic E-state index is 5.27. The fraction of sp³-hybridized carbons (Fsp3) is 0.600. The molecule has 0 aliphatic carbocycles. The quantitative estimate of drug-likeness (QED) is 0.338. The Kier molecular flexibility index (Phi) is 12.5. The van der Waals surface area contributed by atoms with Crippen molar-refractivity contribution in [2.45, 2.75) is 58.3 Å². The minimum atomic E-state index is 0.905. The molecule has 0 heteroatoms. The van der Waals surface area contributed by atoms with Gasteiger partial charge in [0.25, 0.3) is 0 Å². The molecular weight excluding hydrogens is 180 g/mol. The second-order valence-electron chi connectivity index (χ2n) is 3.81. The molecule has 0 spiro atoms. The number of hydrogen-bond acceptors (Lipinski definition) is 0.